The number of aryl methyl sites for hydroxylation is 6. The predicted octanol–water partition coefficient (Wildman–Crippen LogP) is 3.94. The van der Waals surface area contributed by atoms with Crippen LogP contribution >= 0.6 is 0 Å². The Balaban J connectivity index is 2.88. The molecule has 0 amide bonds. The first kappa shape index (κ1) is 18.8. The van der Waals surface area contributed by atoms with Crippen LogP contribution in [0.15, 0.2) is 24.3 Å². The van der Waals surface area contributed by atoms with Gasteiger partial charge in [0.1, 0.15) is 0 Å². The van der Waals surface area contributed by atoms with Crippen LogP contribution in [0.5, 0.6) is 0 Å². The quantitative estimate of drug-likeness (QED) is 0.369. The Morgan fingerprint density at radius 1 is 0.760 bits per heavy atom. The van der Waals surface area contributed by atoms with Gasteiger partial charge >= 0.3 is 5.97 Å². The molecule has 0 aliphatic heterocycles. The van der Waals surface area contributed by atoms with Gasteiger partial charge in [-0.1, -0.05) is 41.2 Å². The van der Waals surface area contributed by atoms with Gasteiger partial charge in [-0.05, 0) is 74.9 Å². The van der Waals surface area contributed by atoms with Crippen molar-refractivity contribution in [3.8, 4) is 0 Å². The van der Waals surface area contributed by atoms with Crippen LogP contribution in [0.2, 0.25) is 0 Å². The van der Waals surface area contributed by atoms with Crippen LogP contribution in [-0.4, -0.2) is 13.1 Å². The SMILES string of the molecule is COC(=O)/C(=C(\[O-])c1c(C)cc(C)cc1C)c1c(C)cc(C)cc1C. The van der Waals surface area contributed by atoms with E-state index in [1.54, 1.807) is 0 Å². The van der Waals surface area contributed by atoms with Crippen molar-refractivity contribution in [1.82, 2.24) is 0 Å². The van der Waals surface area contributed by atoms with Gasteiger partial charge in [-0.15, -0.1) is 0 Å². The lowest BCUT2D eigenvalue weighted by Gasteiger charge is -2.25. The number of hydrogen-bond acceptors (Lipinski definition) is 3. The lowest BCUT2D eigenvalue weighted by atomic mass is 9.89. The molecule has 2 aromatic rings. The summed E-state index contributed by atoms with van der Waals surface area (Å²) in [4.78, 5) is 12.5. The van der Waals surface area contributed by atoms with Gasteiger partial charge in [0.05, 0.1) is 12.7 Å². The standard InChI is InChI=1S/C22H26O3/c1-12-8-14(3)18(15(4)9-12)20(22(24)25-7)21(23)19-16(5)10-13(2)11-17(19)6/h8-11,23H,1-7H3/p-1/b21-20-. The topological polar surface area (TPSA) is 49.4 Å². The van der Waals surface area contributed by atoms with Crippen molar-refractivity contribution in [2.75, 3.05) is 7.11 Å². The molecule has 132 valence electrons. The van der Waals surface area contributed by atoms with Crippen molar-refractivity contribution in [2.24, 2.45) is 0 Å². The zero-order chi connectivity index (χ0) is 18.9. The first-order valence-corrected chi connectivity index (χ1v) is 8.33. The Kier molecular flexibility index (Phi) is 5.36. The molecule has 0 heterocycles. The highest BCUT2D eigenvalue weighted by Crippen LogP contribution is 2.32. The van der Waals surface area contributed by atoms with Crippen LogP contribution in [0.4, 0.5) is 0 Å². The van der Waals surface area contributed by atoms with Crippen LogP contribution in [0.25, 0.3) is 11.3 Å². The molecule has 2 rings (SSSR count). The molecular formula is C22H25O3-. The fourth-order valence-electron chi connectivity index (χ4n) is 3.65. The van der Waals surface area contributed by atoms with E-state index in [0.29, 0.717) is 11.1 Å². The highest BCUT2D eigenvalue weighted by atomic mass is 16.5. The smallest absolute Gasteiger partial charge is 0.337 e. The van der Waals surface area contributed by atoms with Crippen molar-refractivity contribution in [3.05, 3.63) is 68.8 Å². The van der Waals surface area contributed by atoms with E-state index in [2.05, 4.69) is 0 Å². The van der Waals surface area contributed by atoms with Crippen LogP contribution in [0.3, 0.4) is 0 Å². The average Bonchev–Trinajstić information content (AvgIpc) is 2.48. The van der Waals surface area contributed by atoms with Gasteiger partial charge in [-0.25, -0.2) is 4.79 Å². The molecule has 3 nitrogen and oxygen atoms in total. The molecule has 25 heavy (non-hydrogen) atoms. The molecule has 2 aromatic carbocycles. The first-order valence-electron chi connectivity index (χ1n) is 8.33. The highest BCUT2D eigenvalue weighted by molar-refractivity contribution is 6.24. The van der Waals surface area contributed by atoms with E-state index in [9.17, 15) is 9.90 Å². The van der Waals surface area contributed by atoms with Gasteiger partial charge in [0, 0.05) is 0 Å². The van der Waals surface area contributed by atoms with E-state index >= 15 is 0 Å². The normalized spacial score (nSPS) is 12.0. The Morgan fingerprint density at radius 3 is 1.48 bits per heavy atom. The van der Waals surface area contributed by atoms with E-state index in [0.717, 1.165) is 33.4 Å². The summed E-state index contributed by atoms with van der Waals surface area (Å²) in [6.07, 6.45) is 0. The summed E-state index contributed by atoms with van der Waals surface area (Å²) >= 11 is 0. The van der Waals surface area contributed by atoms with Gasteiger partial charge in [0.25, 0.3) is 0 Å². The van der Waals surface area contributed by atoms with Crippen molar-refractivity contribution in [1.29, 1.82) is 0 Å². The summed E-state index contributed by atoms with van der Waals surface area (Å²) < 4.78 is 4.96. The van der Waals surface area contributed by atoms with Crippen molar-refractivity contribution >= 4 is 17.3 Å². The fraction of sp³-hybridized carbons (Fsp3) is 0.318. The number of hydrogen-bond donors (Lipinski definition) is 0. The Bertz CT molecular complexity index is 827. The van der Waals surface area contributed by atoms with E-state index in [4.69, 9.17) is 4.74 Å². The summed E-state index contributed by atoms with van der Waals surface area (Å²) in [5, 5.41) is 13.4. The third-order valence-corrected chi connectivity index (χ3v) is 4.45. The van der Waals surface area contributed by atoms with Crippen molar-refractivity contribution < 1.29 is 14.6 Å². The molecule has 0 spiro atoms. The molecule has 0 aromatic heterocycles. The minimum absolute atomic E-state index is 0.104. The Morgan fingerprint density at radius 2 is 1.12 bits per heavy atom. The van der Waals surface area contributed by atoms with Gasteiger partial charge in [0.2, 0.25) is 0 Å². The number of rotatable bonds is 3. The van der Waals surface area contributed by atoms with Crippen LogP contribution in [0, 0.1) is 41.5 Å². The molecule has 0 aliphatic rings. The lowest BCUT2D eigenvalue weighted by Crippen LogP contribution is -2.17. The summed E-state index contributed by atoms with van der Waals surface area (Å²) in [5.74, 6) is -0.878. The second-order valence-electron chi connectivity index (χ2n) is 6.74. The van der Waals surface area contributed by atoms with E-state index in [1.165, 1.54) is 7.11 Å². The molecule has 0 N–H and O–H groups in total. The first-order chi connectivity index (χ1) is 11.7. The summed E-state index contributed by atoms with van der Waals surface area (Å²) in [5.41, 5.74) is 7.06. The van der Waals surface area contributed by atoms with E-state index < -0.39 is 5.97 Å². The maximum Gasteiger partial charge on any atom is 0.337 e. The van der Waals surface area contributed by atoms with E-state index in [1.807, 2.05) is 65.8 Å². The molecular weight excluding hydrogens is 312 g/mol. The molecule has 0 bridgehead atoms. The molecule has 0 fully saturated rings. The second-order valence-corrected chi connectivity index (χ2v) is 6.74. The number of esters is 1. The molecule has 0 radical (unpaired) electrons. The second kappa shape index (κ2) is 7.14. The largest absolute Gasteiger partial charge is 0.871 e. The number of carbonyl (C=O) groups excluding carboxylic acids is 1. The molecule has 0 saturated carbocycles. The fourth-order valence-corrected chi connectivity index (χ4v) is 3.65. The Hall–Kier alpha value is -2.55. The average molecular weight is 337 g/mol. The predicted molar refractivity (Wildman–Crippen MR) is 100 cm³/mol. The van der Waals surface area contributed by atoms with Gasteiger partial charge < -0.3 is 9.84 Å². The summed E-state index contributed by atoms with van der Waals surface area (Å²) in [6, 6.07) is 7.88. The highest BCUT2D eigenvalue weighted by Gasteiger charge is 2.20. The molecule has 0 unspecified atom stereocenters. The lowest BCUT2D eigenvalue weighted by molar-refractivity contribution is -0.243. The van der Waals surface area contributed by atoms with Gasteiger partial charge in [-0.2, -0.15) is 0 Å². The maximum atomic E-state index is 13.4. The monoisotopic (exact) mass is 337 g/mol. The number of ether oxygens (including phenoxy) is 1. The summed E-state index contributed by atoms with van der Waals surface area (Å²) in [7, 11) is 1.31. The number of carbonyl (C=O) groups is 1. The summed E-state index contributed by atoms with van der Waals surface area (Å²) in [6.45, 7) is 11.6. The van der Waals surface area contributed by atoms with Crippen molar-refractivity contribution in [3.63, 3.8) is 0 Å². The van der Waals surface area contributed by atoms with Gasteiger partial charge in [-0.3, -0.25) is 0 Å². The van der Waals surface area contributed by atoms with E-state index in [-0.39, 0.29) is 11.3 Å². The molecule has 0 atom stereocenters. The van der Waals surface area contributed by atoms with Crippen LogP contribution in [-0.2, 0) is 9.53 Å². The maximum absolute atomic E-state index is 13.4. The van der Waals surface area contributed by atoms with Crippen molar-refractivity contribution in [2.45, 2.75) is 41.5 Å². The molecule has 0 aliphatic carbocycles. The minimum Gasteiger partial charge on any atom is -0.871 e. The van der Waals surface area contributed by atoms with Crippen LogP contribution in [0.1, 0.15) is 44.5 Å². The minimum atomic E-state index is -0.598. The molecule has 0 saturated heterocycles. The Labute approximate surface area is 150 Å². The van der Waals surface area contributed by atoms with Crippen LogP contribution < -0.4 is 5.11 Å². The molecule has 3 heteroatoms. The third kappa shape index (κ3) is 3.60. The third-order valence-electron chi connectivity index (χ3n) is 4.45. The zero-order valence-electron chi connectivity index (χ0n) is 16.0. The van der Waals surface area contributed by atoms with Gasteiger partial charge in [0.15, 0.2) is 0 Å². The number of methoxy groups -OCH3 is 1. The number of benzene rings is 2. The zero-order valence-corrected chi connectivity index (χ0v) is 16.0.